The number of carbonyl (C=O) groups excluding carboxylic acids is 1. The minimum Gasteiger partial charge on any atom is -0.349 e. The summed E-state index contributed by atoms with van der Waals surface area (Å²) in [6, 6.07) is 19.7. The van der Waals surface area contributed by atoms with Crippen LogP contribution in [0.2, 0.25) is 0 Å². The van der Waals surface area contributed by atoms with E-state index in [-0.39, 0.29) is 17.9 Å². The SMILES string of the molecule is C[C@H](c1ccccc1)[C@@H](C)NC(=O)c1ccccc1. The summed E-state index contributed by atoms with van der Waals surface area (Å²) in [5, 5.41) is 3.06. The van der Waals surface area contributed by atoms with E-state index in [1.54, 1.807) is 0 Å². The first kappa shape index (κ1) is 13.3. The first-order chi connectivity index (χ1) is 9.18. The molecule has 1 amide bonds. The Hall–Kier alpha value is -2.09. The van der Waals surface area contributed by atoms with Gasteiger partial charge in [0.15, 0.2) is 0 Å². The number of rotatable bonds is 4. The molecule has 2 aromatic carbocycles. The molecule has 0 aliphatic carbocycles. The molecule has 0 aliphatic heterocycles. The van der Waals surface area contributed by atoms with E-state index in [0.29, 0.717) is 5.56 Å². The lowest BCUT2D eigenvalue weighted by Crippen LogP contribution is -2.36. The van der Waals surface area contributed by atoms with E-state index in [4.69, 9.17) is 0 Å². The Bertz CT molecular complexity index is 521. The molecule has 0 heterocycles. The molecule has 2 heteroatoms. The molecule has 0 saturated heterocycles. The Balaban J connectivity index is 2.02. The van der Waals surface area contributed by atoms with Gasteiger partial charge in [0.25, 0.3) is 5.91 Å². The molecular formula is C17H19NO. The molecule has 0 radical (unpaired) electrons. The number of hydrogen-bond acceptors (Lipinski definition) is 1. The van der Waals surface area contributed by atoms with Crippen molar-refractivity contribution in [1.29, 1.82) is 0 Å². The quantitative estimate of drug-likeness (QED) is 0.886. The van der Waals surface area contributed by atoms with E-state index in [2.05, 4.69) is 24.4 Å². The van der Waals surface area contributed by atoms with Gasteiger partial charge in [-0.1, -0.05) is 55.5 Å². The Morgan fingerprint density at radius 3 is 2.00 bits per heavy atom. The van der Waals surface area contributed by atoms with E-state index in [9.17, 15) is 4.79 Å². The smallest absolute Gasteiger partial charge is 0.251 e. The zero-order valence-corrected chi connectivity index (χ0v) is 11.3. The lowest BCUT2D eigenvalue weighted by molar-refractivity contribution is 0.0935. The summed E-state index contributed by atoms with van der Waals surface area (Å²) < 4.78 is 0. The summed E-state index contributed by atoms with van der Waals surface area (Å²) in [4.78, 5) is 12.1. The van der Waals surface area contributed by atoms with E-state index in [0.717, 1.165) is 0 Å². The third-order valence-electron chi connectivity index (χ3n) is 3.47. The zero-order chi connectivity index (χ0) is 13.7. The maximum absolute atomic E-state index is 12.1. The third kappa shape index (κ3) is 3.44. The van der Waals surface area contributed by atoms with Gasteiger partial charge in [-0.3, -0.25) is 4.79 Å². The second kappa shape index (κ2) is 6.19. The van der Waals surface area contributed by atoms with Crippen LogP contribution in [0.1, 0.15) is 35.7 Å². The molecule has 0 fully saturated rings. The van der Waals surface area contributed by atoms with Crippen molar-refractivity contribution in [3.05, 3.63) is 71.8 Å². The molecule has 0 saturated carbocycles. The fraction of sp³-hybridized carbons (Fsp3) is 0.235. The summed E-state index contributed by atoms with van der Waals surface area (Å²) in [5.74, 6) is 0.268. The average molecular weight is 253 g/mol. The largest absolute Gasteiger partial charge is 0.349 e. The highest BCUT2D eigenvalue weighted by Gasteiger charge is 2.16. The highest BCUT2D eigenvalue weighted by Crippen LogP contribution is 2.18. The van der Waals surface area contributed by atoms with E-state index < -0.39 is 0 Å². The molecule has 0 spiro atoms. The van der Waals surface area contributed by atoms with Gasteiger partial charge in [0, 0.05) is 17.5 Å². The summed E-state index contributed by atoms with van der Waals surface area (Å²) in [5.41, 5.74) is 1.94. The normalized spacial score (nSPS) is 13.6. The summed E-state index contributed by atoms with van der Waals surface area (Å²) in [6.07, 6.45) is 0. The van der Waals surface area contributed by atoms with Crippen LogP contribution in [0, 0.1) is 0 Å². The van der Waals surface area contributed by atoms with Crippen molar-refractivity contribution in [3.63, 3.8) is 0 Å². The van der Waals surface area contributed by atoms with Gasteiger partial charge in [-0.05, 0) is 24.6 Å². The lowest BCUT2D eigenvalue weighted by atomic mass is 9.94. The van der Waals surface area contributed by atoms with Crippen LogP contribution in [0.25, 0.3) is 0 Å². The van der Waals surface area contributed by atoms with Crippen LogP contribution in [-0.4, -0.2) is 11.9 Å². The highest BCUT2D eigenvalue weighted by molar-refractivity contribution is 5.94. The van der Waals surface area contributed by atoms with Crippen molar-refractivity contribution < 1.29 is 4.79 Å². The first-order valence-electron chi connectivity index (χ1n) is 6.59. The molecule has 1 N–H and O–H groups in total. The molecule has 19 heavy (non-hydrogen) atoms. The highest BCUT2D eigenvalue weighted by atomic mass is 16.1. The zero-order valence-electron chi connectivity index (χ0n) is 11.3. The third-order valence-corrected chi connectivity index (χ3v) is 3.47. The fourth-order valence-electron chi connectivity index (χ4n) is 2.05. The topological polar surface area (TPSA) is 29.1 Å². The summed E-state index contributed by atoms with van der Waals surface area (Å²) in [7, 11) is 0. The molecule has 2 atom stereocenters. The van der Waals surface area contributed by atoms with Gasteiger partial charge < -0.3 is 5.32 Å². The van der Waals surface area contributed by atoms with Gasteiger partial charge in [0.1, 0.15) is 0 Å². The molecule has 0 unspecified atom stereocenters. The van der Waals surface area contributed by atoms with Gasteiger partial charge in [-0.15, -0.1) is 0 Å². The minimum absolute atomic E-state index is 0.0177. The summed E-state index contributed by atoms with van der Waals surface area (Å²) >= 11 is 0. The van der Waals surface area contributed by atoms with Crippen LogP contribution >= 0.6 is 0 Å². The number of carbonyl (C=O) groups is 1. The predicted molar refractivity (Wildman–Crippen MR) is 78.2 cm³/mol. The second-order valence-corrected chi connectivity index (χ2v) is 4.83. The molecule has 2 aromatic rings. The Labute approximate surface area is 114 Å². The van der Waals surface area contributed by atoms with Crippen molar-refractivity contribution in [3.8, 4) is 0 Å². The molecule has 98 valence electrons. The molecule has 2 rings (SSSR count). The Morgan fingerprint density at radius 2 is 1.42 bits per heavy atom. The molecule has 0 aliphatic rings. The number of benzene rings is 2. The Morgan fingerprint density at radius 1 is 0.895 bits per heavy atom. The van der Waals surface area contributed by atoms with Crippen LogP contribution in [-0.2, 0) is 0 Å². The molecular weight excluding hydrogens is 234 g/mol. The van der Waals surface area contributed by atoms with Crippen molar-refractivity contribution in [1.82, 2.24) is 5.32 Å². The van der Waals surface area contributed by atoms with Crippen LogP contribution in [0.15, 0.2) is 60.7 Å². The monoisotopic (exact) mass is 253 g/mol. The maximum atomic E-state index is 12.1. The van der Waals surface area contributed by atoms with Crippen LogP contribution in [0.4, 0.5) is 0 Å². The van der Waals surface area contributed by atoms with Crippen molar-refractivity contribution in [2.24, 2.45) is 0 Å². The maximum Gasteiger partial charge on any atom is 0.251 e. The molecule has 2 nitrogen and oxygen atoms in total. The molecule has 0 aromatic heterocycles. The lowest BCUT2D eigenvalue weighted by Gasteiger charge is -2.21. The van der Waals surface area contributed by atoms with Gasteiger partial charge in [-0.25, -0.2) is 0 Å². The van der Waals surface area contributed by atoms with E-state index in [1.807, 2.05) is 55.5 Å². The number of amides is 1. The Kier molecular flexibility index (Phi) is 4.35. The predicted octanol–water partition coefficient (Wildman–Crippen LogP) is 3.61. The van der Waals surface area contributed by atoms with Crippen LogP contribution in [0.3, 0.4) is 0 Å². The van der Waals surface area contributed by atoms with Gasteiger partial charge >= 0.3 is 0 Å². The second-order valence-electron chi connectivity index (χ2n) is 4.83. The first-order valence-corrected chi connectivity index (χ1v) is 6.59. The van der Waals surface area contributed by atoms with Crippen molar-refractivity contribution >= 4 is 5.91 Å². The van der Waals surface area contributed by atoms with Crippen LogP contribution < -0.4 is 5.32 Å². The minimum atomic E-state index is -0.0177. The van der Waals surface area contributed by atoms with Crippen molar-refractivity contribution in [2.45, 2.75) is 25.8 Å². The standard InChI is InChI=1S/C17H19NO/c1-13(15-9-5-3-6-10-15)14(2)18-17(19)16-11-7-4-8-12-16/h3-14H,1-2H3,(H,18,19)/t13-,14+/m0/s1. The van der Waals surface area contributed by atoms with E-state index in [1.165, 1.54) is 5.56 Å². The number of hydrogen-bond donors (Lipinski definition) is 1. The average Bonchev–Trinajstić information content (AvgIpc) is 2.48. The van der Waals surface area contributed by atoms with E-state index >= 15 is 0 Å². The summed E-state index contributed by atoms with van der Waals surface area (Å²) in [6.45, 7) is 4.17. The van der Waals surface area contributed by atoms with Crippen LogP contribution in [0.5, 0.6) is 0 Å². The van der Waals surface area contributed by atoms with Gasteiger partial charge in [0.2, 0.25) is 0 Å². The van der Waals surface area contributed by atoms with Gasteiger partial charge in [0.05, 0.1) is 0 Å². The number of nitrogens with one attached hydrogen (secondary N) is 1. The van der Waals surface area contributed by atoms with Gasteiger partial charge in [-0.2, -0.15) is 0 Å². The fourth-order valence-corrected chi connectivity index (χ4v) is 2.05. The van der Waals surface area contributed by atoms with Crippen molar-refractivity contribution in [2.75, 3.05) is 0 Å². The molecule has 0 bridgehead atoms.